The van der Waals surface area contributed by atoms with E-state index in [9.17, 15) is 14.7 Å². The van der Waals surface area contributed by atoms with Gasteiger partial charge in [-0.2, -0.15) is 0 Å². The second kappa shape index (κ2) is 9.62. The number of esters is 1. The van der Waals surface area contributed by atoms with E-state index in [0.29, 0.717) is 25.9 Å². The molecule has 0 aliphatic rings. The minimum atomic E-state index is -0.974. The molecule has 0 radical (unpaired) electrons. The van der Waals surface area contributed by atoms with Crippen molar-refractivity contribution in [2.45, 2.75) is 26.2 Å². The van der Waals surface area contributed by atoms with Gasteiger partial charge in [-0.25, -0.2) is 0 Å². The quantitative estimate of drug-likeness (QED) is 0.706. The fourth-order valence-electron chi connectivity index (χ4n) is 2.84. The minimum absolute atomic E-state index is 0.300. The average Bonchev–Trinajstić information content (AvgIpc) is 2.64. The molecule has 0 amide bonds. The van der Waals surface area contributed by atoms with Crippen LogP contribution in [0.4, 0.5) is 0 Å². The van der Waals surface area contributed by atoms with Gasteiger partial charge in [0.1, 0.15) is 0 Å². The van der Waals surface area contributed by atoms with Crippen LogP contribution < -0.4 is 0 Å². The van der Waals surface area contributed by atoms with Gasteiger partial charge < -0.3 is 9.84 Å². The molecule has 2 aromatic carbocycles. The molecule has 25 heavy (non-hydrogen) atoms. The predicted octanol–water partition coefficient (Wildman–Crippen LogP) is 3.74. The molecule has 2 rings (SSSR count). The van der Waals surface area contributed by atoms with E-state index in [1.807, 2.05) is 67.6 Å². The van der Waals surface area contributed by atoms with E-state index < -0.39 is 23.8 Å². The van der Waals surface area contributed by atoms with Gasteiger partial charge >= 0.3 is 11.9 Å². The molecular weight excluding hydrogens is 316 g/mol. The molecule has 132 valence electrons. The van der Waals surface area contributed by atoms with Gasteiger partial charge in [0.25, 0.3) is 0 Å². The van der Waals surface area contributed by atoms with Gasteiger partial charge in [0, 0.05) is 0 Å². The summed E-state index contributed by atoms with van der Waals surface area (Å²) < 4.78 is 5.29. The highest BCUT2D eigenvalue weighted by Crippen LogP contribution is 2.24. The van der Waals surface area contributed by atoms with Crippen LogP contribution in [0.2, 0.25) is 0 Å². The van der Waals surface area contributed by atoms with Crippen LogP contribution in [0.15, 0.2) is 60.7 Å². The summed E-state index contributed by atoms with van der Waals surface area (Å²) in [6, 6.07) is 18.9. The molecule has 2 unspecified atom stereocenters. The SMILES string of the molecule is CCCOC(=O)C(Cc1ccccc1)C(Cc1ccccc1)C(=O)O. The minimum Gasteiger partial charge on any atom is -0.481 e. The predicted molar refractivity (Wildman–Crippen MR) is 96.2 cm³/mol. The third-order valence-electron chi connectivity index (χ3n) is 4.15. The highest BCUT2D eigenvalue weighted by molar-refractivity contribution is 5.81. The standard InChI is InChI=1S/C21H24O4/c1-2-13-25-21(24)19(15-17-11-7-4-8-12-17)18(20(22)23)14-16-9-5-3-6-10-16/h3-12,18-19H,2,13-15H2,1H3,(H,22,23). The summed E-state index contributed by atoms with van der Waals surface area (Å²) in [7, 11) is 0. The molecule has 0 aliphatic heterocycles. The Kier molecular flexibility index (Phi) is 7.20. The fraction of sp³-hybridized carbons (Fsp3) is 0.333. The van der Waals surface area contributed by atoms with Crippen molar-refractivity contribution < 1.29 is 19.4 Å². The highest BCUT2D eigenvalue weighted by atomic mass is 16.5. The van der Waals surface area contributed by atoms with Crippen LogP contribution in [-0.4, -0.2) is 23.7 Å². The van der Waals surface area contributed by atoms with Crippen molar-refractivity contribution in [2.75, 3.05) is 6.61 Å². The monoisotopic (exact) mass is 340 g/mol. The maximum atomic E-state index is 12.6. The molecule has 0 aliphatic carbocycles. The Morgan fingerprint density at radius 2 is 1.36 bits per heavy atom. The Hall–Kier alpha value is -2.62. The van der Waals surface area contributed by atoms with Gasteiger partial charge in [-0.15, -0.1) is 0 Å². The van der Waals surface area contributed by atoms with Crippen LogP contribution in [0.1, 0.15) is 24.5 Å². The number of hydrogen-bond donors (Lipinski definition) is 1. The topological polar surface area (TPSA) is 63.6 Å². The number of ether oxygens (including phenoxy) is 1. The molecule has 0 bridgehead atoms. The number of hydrogen-bond acceptors (Lipinski definition) is 3. The summed E-state index contributed by atoms with van der Waals surface area (Å²) in [4.78, 5) is 24.5. The Morgan fingerprint density at radius 1 is 0.880 bits per heavy atom. The normalized spacial score (nSPS) is 13.0. The molecule has 0 aromatic heterocycles. The first-order valence-electron chi connectivity index (χ1n) is 8.59. The van der Waals surface area contributed by atoms with Gasteiger partial charge in [-0.05, 0) is 30.4 Å². The highest BCUT2D eigenvalue weighted by Gasteiger charge is 2.35. The number of carbonyl (C=O) groups excluding carboxylic acids is 1. The molecule has 1 N–H and O–H groups in total. The summed E-state index contributed by atoms with van der Waals surface area (Å²) in [5.41, 5.74) is 1.83. The largest absolute Gasteiger partial charge is 0.481 e. The first-order valence-corrected chi connectivity index (χ1v) is 8.59. The lowest BCUT2D eigenvalue weighted by molar-refractivity contribution is -0.157. The van der Waals surface area contributed by atoms with E-state index in [1.54, 1.807) is 0 Å². The number of carbonyl (C=O) groups is 2. The smallest absolute Gasteiger partial charge is 0.310 e. The number of carboxylic acid groups (broad SMARTS) is 1. The zero-order valence-electron chi connectivity index (χ0n) is 14.4. The van der Waals surface area contributed by atoms with E-state index in [2.05, 4.69) is 0 Å². The van der Waals surface area contributed by atoms with Crippen LogP contribution in [0.3, 0.4) is 0 Å². The van der Waals surface area contributed by atoms with E-state index >= 15 is 0 Å². The number of rotatable bonds is 9. The van der Waals surface area contributed by atoms with Gasteiger partial charge in [0.15, 0.2) is 0 Å². The Bertz CT molecular complexity index is 667. The van der Waals surface area contributed by atoms with Crippen LogP contribution >= 0.6 is 0 Å². The molecule has 0 saturated heterocycles. The van der Waals surface area contributed by atoms with Crippen molar-refractivity contribution in [3.05, 3.63) is 71.8 Å². The molecular formula is C21H24O4. The van der Waals surface area contributed by atoms with Crippen molar-refractivity contribution in [3.8, 4) is 0 Å². The first-order chi connectivity index (χ1) is 12.1. The first kappa shape index (κ1) is 18.7. The fourth-order valence-corrected chi connectivity index (χ4v) is 2.84. The second-order valence-corrected chi connectivity index (χ2v) is 6.10. The Balaban J connectivity index is 2.25. The summed E-state index contributed by atoms with van der Waals surface area (Å²) >= 11 is 0. The zero-order valence-corrected chi connectivity index (χ0v) is 14.4. The number of aliphatic carboxylic acids is 1. The van der Waals surface area contributed by atoms with Crippen LogP contribution in [0.5, 0.6) is 0 Å². The molecule has 4 heteroatoms. The third kappa shape index (κ3) is 5.75. The Morgan fingerprint density at radius 3 is 1.80 bits per heavy atom. The third-order valence-corrected chi connectivity index (χ3v) is 4.15. The summed E-state index contributed by atoms with van der Waals surface area (Å²) in [5.74, 6) is -2.95. The van der Waals surface area contributed by atoms with E-state index in [4.69, 9.17) is 4.74 Å². The molecule has 0 heterocycles. The average molecular weight is 340 g/mol. The lowest BCUT2D eigenvalue weighted by atomic mass is 9.82. The van der Waals surface area contributed by atoms with Crippen molar-refractivity contribution in [1.82, 2.24) is 0 Å². The Labute approximate surface area is 148 Å². The van der Waals surface area contributed by atoms with Crippen LogP contribution in [0.25, 0.3) is 0 Å². The molecule has 2 atom stereocenters. The summed E-state index contributed by atoms with van der Waals surface area (Å²) in [6.07, 6.45) is 1.36. The lowest BCUT2D eigenvalue weighted by Crippen LogP contribution is -2.34. The van der Waals surface area contributed by atoms with Crippen LogP contribution in [-0.2, 0) is 27.2 Å². The number of carboxylic acids is 1. The van der Waals surface area contributed by atoms with Crippen molar-refractivity contribution >= 4 is 11.9 Å². The number of benzene rings is 2. The molecule has 0 spiro atoms. The van der Waals surface area contributed by atoms with Crippen molar-refractivity contribution in [1.29, 1.82) is 0 Å². The van der Waals surface area contributed by atoms with Gasteiger partial charge in [-0.3, -0.25) is 9.59 Å². The molecule has 0 fully saturated rings. The van der Waals surface area contributed by atoms with Crippen LogP contribution in [0, 0.1) is 11.8 Å². The maximum absolute atomic E-state index is 12.6. The molecule has 2 aromatic rings. The molecule has 4 nitrogen and oxygen atoms in total. The maximum Gasteiger partial charge on any atom is 0.310 e. The van der Waals surface area contributed by atoms with Crippen molar-refractivity contribution in [3.63, 3.8) is 0 Å². The molecule has 0 saturated carbocycles. The van der Waals surface area contributed by atoms with Gasteiger partial charge in [-0.1, -0.05) is 67.6 Å². The van der Waals surface area contributed by atoms with E-state index in [1.165, 1.54) is 0 Å². The zero-order chi connectivity index (χ0) is 18.1. The van der Waals surface area contributed by atoms with Gasteiger partial charge in [0.05, 0.1) is 18.4 Å². The van der Waals surface area contributed by atoms with Gasteiger partial charge in [0.2, 0.25) is 0 Å². The van der Waals surface area contributed by atoms with E-state index in [0.717, 1.165) is 11.1 Å². The van der Waals surface area contributed by atoms with E-state index in [-0.39, 0.29) is 0 Å². The second-order valence-electron chi connectivity index (χ2n) is 6.10. The lowest BCUT2D eigenvalue weighted by Gasteiger charge is -2.23. The summed E-state index contributed by atoms with van der Waals surface area (Å²) in [6.45, 7) is 2.22. The van der Waals surface area contributed by atoms with Crippen molar-refractivity contribution in [2.24, 2.45) is 11.8 Å². The summed E-state index contributed by atoms with van der Waals surface area (Å²) in [5, 5.41) is 9.75.